The van der Waals surface area contributed by atoms with Crippen LogP contribution in [0.5, 0.6) is 0 Å². The first-order valence-electron chi connectivity index (χ1n) is 9.65. The van der Waals surface area contributed by atoms with Gasteiger partial charge in [0.15, 0.2) is 6.04 Å². The number of rotatable bonds is 15. The third-order valence-corrected chi connectivity index (χ3v) is 4.91. The van der Waals surface area contributed by atoms with Crippen molar-refractivity contribution in [2.45, 2.75) is 65.0 Å². The van der Waals surface area contributed by atoms with Crippen LogP contribution in [0.25, 0.3) is 0 Å². The van der Waals surface area contributed by atoms with E-state index in [2.05, 4.69) is 12.2 Å². The molecule has 0 bridgehead atoms. The molecule has 3 atom stereocenters. The zero-order chi connectivity index (χ0) is 20.9. The molecule has 0 spiro atoms. The van der Waals surface area contributed by atoms with Gasteiger partial charge in [0.1, 0.15) is 12.6 Å². The lowest BCUT2D eigenvalue weighted by atomic mass is 10.0. The summed E-state index contributed by atoms with van der Waals surface area (Å²) >= 11 is 0. The van der Waals surface area contributed by atoms with E-state index in [0.717, 1.165) is 19.3 Å². The molecular weight excluding hydrogens is 352 g/mol. The second-order valence-electron chi connectivity index (χ2n) is 6.61. The first kappa shape index (κ1) is 25.1. The minimum absolute atomic E-state index is 0.0422. The summed E-state index contributed by atoms with van der Waals surface area (Å²) in [4.78, 5) is 35.4. The number of carboxylic acid groups (broad SMARTS) is 2. The highest BCUT2D eigenvalue weighted by atomic mass is 16.4. The lowest BCUT2D eigenvalue weighted by Gasteiger charge is -2.48. The highest BCUT2D eigenvalue weighted by Gasteiger charge is 2.46. The van der Waals surface area contributed by atoms with Crippen LogP contribution in [0.2, 0.25) is 0 Å². The molecule has 1 amide bonds. The Balaban J connectivity index is 5.40. The average molecular weight is 386 g/mol. The summed E-state index contributed by atoms with van der Waals surface area (Å²) in [5, 5.41) is 33.5. The van der Waals surface area contributed by atoms with Gasteiger partial charge in [-0.2, -0.15) is 0 Å². The van der Waals surface area contributed by atoms with E-state index < -0.39 is 24.0 Å². The average Bonchev–Trinajstić information content (AvgIpc) is 2.59. The van der Waals surface area contributed by atoms with Crippen LogP contribution in [-0.4, -0.2) is 70.9 Å². The van der Waals surface area contributed by atoms with Crippen LogP contribution >= 0.6 is 0 Å². The molecule has 0 fully saturated rings. The first-order valence-corrected chi connectivity index (χ1v) is 9.65. The lowest BCUT2D eigenvalue weighted by Crippen LogP contribution is -2.70. The molecule has 0 aromatic rings. The van der Waals surface area contributed by atoms with Gasteiger partial charge in [0.05, 0.1) is 25.7 Å². The Morgan fingerprint density at radius 3 is 2.19 bits per heavy atom. The van der Waals surface area contributed by atoms with E-state index in [4.69, 9.17) is 0 Å². The molecule has 0 aliphatic carbocycles. The lowest BCUT2D eigenvalue weighted by molar-refractivity contribution is -0.959. The SMILES string of the molecule is CCCC/C=C/C(=O)NCC[N+](CCO)(C(CC)C(=O)[O-])C(CC)C(=O)O. The maximum Gasteiger partial charge on any atom is 0.362 e. The smallest absolute Gasteiger partial charge is 0.362 e. The number of hydrogen-bond acceptors (Lipinski definition) is 5. The molecular formula is C19H34N2O6. The van der Waals surface area contributed by atoms with Gasteiger partial charge < -0.3 is 29.9 Å². The zero-order valence-electron chi connectivity index (χ0n) is 16.6. The van der Waals surface area contributed by atoms with Gasteiger partial charge in [-0.25, -0.2) is 4.79 Å². The summed E-state index contributed by atoms with van der Waals surface area (Å²) < 4.78 is -0.360. The third-order valence-electron chi connectivity index (χ3n) is 4.91. The fourth-order valence-electron chi connectivity index (χ4n) is 3.60. The van der Waals surface area contributed by atoms with E-state index in [9.17, 15) is 29.7 Å². The molecule has 27 heavy (non-hydrogen) atoms. The Morgan fingerprint density at radius 2 is 1.74 bits per heavy atom. The monoisotopic (exact) mass is 386 g/mol. The molecule has 156 valence electrons. The van der Waals surface area contributed by atoms with Gasteiger partial charge in [0.25, 0.3) is 0 Å². The number of aliphatic carboxylic acids is 2. The summed E-state index contributed by atoms with van der Waals surface area (Å²) in [6.45, 7) is 5.14. The van der Waals surface area contributed by atoms with Crippen LogP contribution < -0.4 is 10.4 Å². The summed E-state index contributed by atoms with van der Waals surface area (Å²) in [5.41, 5.74) is 0. The van der Waals surface area contributed by atoms with E-state index in [1.165, 1.54) is 6.08 Å². The van der Waals surface area contributed by atoms with Crippen LogP contribution in [-0.2, 0) is 14.4 Å². The van der Waals surface area contributed by atoms with Gasteiger partial charge in [0, 0.05) is 12.8 Å². The Hall–Kier alpha value is -1.93. The number of unbranched alkanes of at least 4 members (excludes halogenated alkanes) is 2. The van der Waals surface area contributed by atoms with E-state index in [-0.39, 0.29) is 49.5 Å². The third kappa shape index (κ3) is 7.68. The number of carbonyl (C=O) groups is 3. The minimum atomic E-state index is -1.35. The number of aliphatic hydroxyl groups is 1. The van der Waals surface area contributed by atoms with Gasteiger partial charge in [-0.15, -0.1) is 0 Å². The van der Waals surface area contributed by atoms with Crippen molar-refractivity contribution >= 4 is 17.8 Å². The van der Waals surface area contributed by atoms with Crippen molar-refractivity contribution in [2.75, 3.05) is 26.2 Å². The molecule has 0 saturated heterocycles. The fourth-order valence-corrected chi connectivity index (χ4v) is 3.60. The predicted molar refractivity (Wildman–Crippen MR) is 99.6 cm³/mol. The molecule has 0 heterocycles. The molecule has 0 saturated carbocycles. The Kier molecular flexibility index (Phi) is 12.3. The number of hydrogen-bond donors (Lipinski definition) is 3. The molecule has 0 radical (unpaired) electrons. The second kappa shape index (κ2) is 13.3. The van der Waals surface area contributed by atoms with Gasteiger partial charge in [-0.05, 0) is 12.5 Å². The number of amides is 1. The van der Waals surface area contributed by atoms with Crippen molar-refractivity contribution in [3.63, 3.8) is 0 Å². The standard InChI is InChI=1S/C19H34N2O6/c1-4-7-8-9-10-17(23)20-11-12-21(13-14-22,15(5-2)18(24)25)16(6-3)19(26)27/h9-10,15-16,22H,4-8,11-14H2,1-3H3,(H2-,20,23,24,25,26,27)/b10-9+. The molecule has 3 unspecified atom stereocenters. The predicted octanol–water partition coefficient (Wildman–Crippen LogP) is 0.0498. The number of carboxylic acids is 2. The highest BCUT2D eigenvalue weighted by Crippen LogP contribution is 2.24. The van der Waals surface area contributed by atoms with Crippen LogP contribution in [0.1, 0.15) is 52.9 Å². The molecule has 0 rings (SSSR count). The number of carbonyl (C=O) groups excluding carboxylic acids is 2. The van der Waals surface area contributed by atoms with Crippen LogP contribution in [0.15, 0.2) is 12.2 Å². The van der Waals surface area contributed by atoms with Crippen molar-refractivity contribution in [3.05, 3.63) is 12.2 Å². The second-order valence-corrected chi connectivity index (χ2v) is 6.61. The Labute approximate surface area is 161 Å². The van der Waals surface area contributed by atoms with E-state index in [1.54, 1.807) is 19.9 Å². The van der Waals surface area contributed by atoms with Crippen molar-refractivity contribution in [1.29, 1.82) is 0 Å². The molecule has 0 aromatic carbocycles. The van der Waals surface area contributed by atoms with Crippen LogP contribution in [0.4, 0.5) is 0 Å². The minimum Gasteiger partial charge on any atom is -0.544 e. The number of nitrogens with one attached hydrogen (secondary N) is 1. The maximum absolute atomic E-state index is 11.9. The molecule has 8 nitrogen and oxygen atoms in total. The van der Waals surface area contributed by atoms with E-state index >= 15 is 0 Å². The quantitative estimate of drug-likeness (QED) is 0.207. The molecule has 0 aromatic heterocycles. The van der Waals surface area contributed by atoms with Crippen LogP contribution in [0, 0.1) is 0 Å². The topological polar surface area (TPSA) is 127 Å². The summed E-state index contributed by atoms with van der Waals surface area (Å²) in [5.74, 6) is -2.79. The molecule has 0 aliphatic heterocycles. The van der Waals surface area contributed by atoms with Gasteiger partial charge in [-0.3, -0.25) is 4.79 Å². The fraction of sp³-hybridized carbons (Fsp3) is 0.737. The van der Waals surface area contributed by atoms with Crippen molar-refractivity contribution < 1.29 is 34.2 Å². The van der Waals surface area contributed by atoms with Gasteiger partial charge in [0.2, 0.25) is 5.91 Å². The highest BCUT2D eigenvalue weighted by molar-refractivity contribution is 5.87. The molecule has 3 N–H and O–H groups in total. The van der Waals surface area contributed by atoms with Crippen molar-refractivity contribution in [1.82, 2.24) is 5.32 Å². The van der Waals surface area contributed by atoms with E-state index in [1.807, 2.05) is 0 Å². The van der Waals surface area contributed by atoms with E-state index in [0.29, 0.717) is 0 Å². The Bertz CT molecular complexity index is 484. The zero-order valence-corrected chi connectivity index (χ0v) is 16.6. The summed E-state index contributed by atoms with van der Waals surface area (Å²) in [6.07, 6.45) is 6.38. The molecule has 0 aliphatic rings. The van der Waals surface area contributed by atoms with Crippen LogP contribution in [0.3, 0.4) is 0 Å². The summed E-state index contributed by atoms with van der Waals surface area (Å²) in [7, 11) is 0. The van der Waals surface area contributed by atoms with Crippen molar-refractivity contribution in [3.8, 4) is 0 Å². The Morgan fingerprint density at radius 1 is 1.11 bits per heavy atom. The maximum atomic E-state index is 11.9. The molecule has 8 heteroatoms. The largest absolute Gasteiger partial charge is 0.544 e. The van der Waals surface area contributed by atoms with Crippen molar-refractivity contribution in [2.24, 2.45) is 0 Å². The van der Waals surface area contributed by atoms with Gasteiger partial charge >= 0.3 is 5.97 Å². The first-order chi connectivity index (χ1) is 12.8. The van der Waals surface area contributed by atoms with Gasteiger partial charge in [-0.1, -0.05) is 39.7 Å². The number of nitrogens with zero attached hydrogens (tertiary/aromatic N) is 1. The number of quaternary nitrogens is 1. The normalized spacial score (nSPS) is 15.9. The summed E-state index contributed by atoms with van der Waals surface area (Å²) in [6, 6.07) is -2.10. The number of aliphatic hydroxyl groups excluding tert-OH is 1. The number of allylic oxidation sites excluding steroid dienone is 1.